The zero-order valence-electron chi connectivity index (χ0n) is 15.4. The van der Waals surface area contributed by atoms with Gasteiger partial charge in [-0.25, -0.2) is 0 Å². The lowest BCUT2D eigenvalue weighted by molar-refractivity contribution is 0.0924. The van der Waals surface area contributed by atoms with E-state index in [1.807, 2.05) is 0 Å². The highest BCUT2D eigenvalue weighted by molar-refractivity contribution is 9.10. The number of hydrogen-bond donors (Lipinski definition) is 3. The van der Waals surface area contributed by atoms with E-state index in [9.17, 15) is 9.59 Å². The molecule has 0 aliphatic heterocycles. The summed E-state index contributed by atoms with van der Waals surface area (Å²) in [7, 11) is 0. The molecule has 2 fully saturated rings. The first kappa shape index (κ1) is 19.1. The van der Waals surface area contributed by atoms with Crippen LogP contribution in [-0.2, 0) is 0 Å². The fourth-order valence-electron chi connectivity index (χ4n) is 3.46. The summed E-state index contributed by atoms with van der Waals surface area (Å²) in [5, 5.41) is 9.69. The van der Waals surface area contributed by atoms with Crippen molar-refractivity contribution in [3.8, 4) is 0 Å². The first-order valence-electron chi connectivity index (χ1n) is 9.63. The van der Waals surface area contributed by atoms with Crippen molar-refractivity contribution in [2.24, 2.45) is 5.73 Å². The lowest BCUT2D eigenvalue weighted by Gasteiger charge is -2.27. The van der Waals surface area contributed by atoms with Gasteiger partial charge in [-0.2, -0.15) is 0 Å². The molecule has 1 aromatic carbocycles. The van der Waals surface area contributed by atoms with Gasteiger partial charge >= 0.3 is 0 Å². The molecule has 1 aromatic heterocycles. The van der Waals surface area contributed by atoms with Crippen LogP contribution in [0.4, 0.5) is 5.69 Å². The molecule has 0 spiro atoms. The minimum Gasteiger partial charge on any atom is -0.360 e. The molecule has 1 heterocycles. The molecule has 4 N–H and O–H groups in total. The minimum atomic E-state index is -0.335. The number of nitrogens with zero attached hydrogens (tertiary/aromatic N) is 1. The van der Waals surface area contributed by atoms with Gasteiger partial charge in [-0.15, -0.1) is 0 Å². The summed E-state index contributed by atoms with van der Waals surface area (Å²) in [6, 6.07) is 7.21. The molecule has 0 unspecified atom stereocenters. The number of carbonyl (C=O) groups is 2. The summed E-state index contributed by atoms with van der Waals surface area (Å²) in [5.74, 6) is 0.706. The maximum Gasteiger partial charge on any atom is 0.277 e. The molecule has 0 bridgehead atoms. The van der Waals surface area contributed by atoms with Crippen molar-refractivity contribution in [3.63, 3.8) is 0 Å². The Hall–Kier alpha value is -2.19. The Bertz CT molecular complexity index is 885. The number of nitrogens with one attached hydrogen (secondary N) is 2. The van der Waals surface area contributed by atoms with Crippen LogP contribution in [0.25, 0.3) is 0 Å². The molecule has 2 saturated carbocycles. The molecule has 2 aromatic rings. The number of rotatable bonds is 5. The van der Waals surface area contributed by atoms with E-state index >= 15 is 0 Å². The van der Waals surface area contributed by atoms with E-state index in [1.54, 1.807) is 24.3 Å². The fourth-order valence-corrected chi connectivity index (χ4v) is 4.01. The van der Waals surface area contributed by atoms with E-state index in [0.717, 1.165) is 44.3 Å². The molecule has 2 aliphatic rings. The Morgan fingerprint density at radius 1 is 1.07 bits per heavy atom. The highest BCUT2D eigenvalue weighted by atomic mass is 79.9. The molecule has 28 heavy (non-hydrogen) atoms. The van der Waals surface area contributed by atoms with Crippen molar-refractivity contribution in [2.45, 2.75) is 56.5 Å². The summed E-state index contributed by atoms with van der Waals surface area (Å²) in [4.78, 5) is 24.9. The third-order valence-corrected chi connectivity index (χ3v) is 5.98. The lowest BCUT2D eigenvalue weighted by atomic mass is 9.91. The van der Waals surface area contributed by atoms with Crippen LogP contribution in [0.15, 0.2) is 33.3 Å². The molecule has 2 aliphatic carbocycles. The fraction of sp³-hybridized carbons (Fsp3) is 0.450. The van der Waals surface area contributed by atoms with Crippen LogP contribution in [0.2, 0.25) is 0 Å². The van der Waals surface area contributed by atoms with Gasteiger partial charge in [0.1, 0.15) is 5.76 Å². The van der Waals surface area contributed by atoms with Crippen molar-refractivity contribution in [1.29, 1.82) is 0 Å². The van der Waals surface area contributed by atoms with E-state index in [1.165, 1.54) is 0 Å². The van der Waals surface area contributed by atoms with Gasteiger partial charge in [-0.3, -0.25) is 9.59 Å². The van der Waals surface area contributed by atoms with Gasteiger partial charge < -0.3 is 20.9 Å². The maximum absolute atomic E-state index is 12.6. The van der Waals surface area contributed by atoms with Gasteiger partial charge in [0.25, 0.3) is 11.8 Å². The van der Waals surface area contributed by atoms with Crippen LogP contribution in [0.3, 0.4) is 0 Å². The number of hydrogen-bond acceptors (Lipinski definition) is 5. The Morgan fingerprint density at radius 3 is 2.50 bits per heavy atom. The second kappa shape index (κ2) is 8.05. The van der Waals surface area contributed by atoms with Crippen molar-refractivity contribution in [3.05, 3.63) is 45.8 Å². The number of benzene rings is 1. The molecular formula is C20H23BrN4O3. The Kier molecular flexibility index (Phi) is 5.50. The molecule has 8 heteroatoms. The summed E-state index contributed by atoms with van der Waals surface area (Å²) in [5.41, 5.74) is 7.28. The number of amides is 2. The Labute approximate surface area is 171 Å². The van der Waals surface area contributed by atoms with E-state index in [2.05, 4.69) is 31.7 Å². The van der Waals surface area contributed by atoms with Crippen molar-refractivity contribution in [2.75, 3.05) is 5.32 Å². The number of aromatic nitrogens is 1. The third-order valence-electron chi connectivity index (χ3n) is 5.32. The number of carbonyl (C=O) groups excluding carboxylic acids is 2. The first-order chi connectivity index (χ1) is 13.5. The van der Waals surface area contributed by atoms with Crippen LogP contribution in [0, 0.1) is 0 Å². The average molecular weight is 447 g/mol. The normalized spacial score (nSPS) is 21.9. The largest absolute Gasteiger partial charge is 0.360 e. The van der Waals surface area contributed by atoms with Crippen LogP contribution in [0.5, 0.6) is 0 Å². The van der Waals surface area contributed by atoms with E-state index in [4.69, 9.17) is 10.3 Å². The molecule has 2 amide bonds. The van der Waals surface area contributed by atoms with Crippen LogP contribution >= 0.6 is 15.9 Å². The summed E-state index contributed by atoms with van der Waals surface area (Å²) in [6.07, 6.45) is 5.84. The van der Waals surface area contributed by atoms with Gasteiger partial charge in [0, 0.05) is 34.2 Å². The van der Waals surface area contributed by atoms with Gasteiger partial charge in [0.05, 0.1) is 5.56 Å². The number of nitrogens with two attached hydrogens (primary N) is 1. The van der Waals surface area contributed by atoms with Gasteiger partial charge in [0.15, 0.2) is 5.69 Å². The molecule has 0 saturated heterocycles. The number of halogens is 1. The monoisotopic (exact) mass is 446 g/mol. The summed E-state index contributed by atoms with van der Waals surface area (Å²) >= 11 is 3.43. The van der Waals surface area contributed by atoms with Crippen LogP contribution in [-0.4, -0.2) is 29.1 Å². The smallest absolute Gasteiger partial charge is 0.277 e. The molecular weight excluding hydrogens is 424 g/mol. The van der Waals surface area contributed by atoms with Crippen molar-refractivity contribution < 1.29 is 14.1 Å². The molecule has 0 atom stereocenters. The Morgan fingerprint density at radius 2 is 1.82 bits per heavy atom. The van der Waals surface area contributed by atoms with E-state index in [-0.39, 0.29) is 29.6 Å². The Balaban J connectivity index is 1.37. The van der Waals surface area contributed by atoms with Crippen LogP contribution < -0.4 is 16.4 Å². The van der Waals surface area contributed by atoms with Crippen LogP contribution in [0.1, 0.15) is 71.0 Å². The lowest BCUT2D eigenvalue weighted by Crippen LogP contribution is -2.40. The van der Waals surface area contributed by atoms with Gasteiger partial charge in [0.2, 0.25) is 0 Å². The second-order valence-electron chi connectivity index (χ2n) is 7.62. The maximum atomic E-state index is 12.6. The quantitative estimate of drug-likeness (QED) is 0.649. The predicted octanol–water partition coefficient (Wildman–Crippen LogP) is 3.57. The summed E-state index contributed by atoms with van der Waals surface area (Å²) in [6.45, 7) is 0. The highest BCUT2D eigenvalue weighted by Gasteiger charge is 2.29. The van der Waals surface area contributed by atoms with Crippen molar-refractivity contribution >= 4 is 33.4 Å². The standard InChI is InChI=1S/C20H23BrN4O3/c21-16-9-14(24-20(27)17-10-18(28-25-17)11-1-2-11)7-8-15(16)19(26)23-13-5-3-12(22)4-6-13/h7-13H,1-6,22H2,(H,23,26)(H,24,27). The third kappa shape index (κ3) is 4.44. The van der Waals surface area contributed by atoms with Gasteiger partial charge in [-0.1, -0.05) is 5.16 Å². The first-order valence-corrected chi connectivity index (χ1v) is 10.4. The predicted molar refractivity (Wildman–Crippen MR) is 108 cm³/mol. The minimum absolute atomic E-state index is 0.129. The zero-order chi connectivity index (χ0) is 19.7. The topological polar surface area (TPSA) is 110 Å². The van der Waals surface area contributed by atoms with Gasteiger partial charge in [-0.05, 0) is 72.7 Å². The average Bonchev–Trinajstić information content (AvgIpc) is 3.40. The highest BCUT2D eigenvalue weighted by Crippen LogP contribution is 2.40. The number of anilines is 1. The van der Waals surface area contributed by atoms with E-state index < -0.39 is 0 Å². The van der Waals surface area contributed by atoms with Crippen molar-refractivity contribution in [1.82, 2.24) is 10.5 Å². The molecule has 4 rings (SSSR count). The molecule has 0 radical (unpaired) electrons. The molecule has 148 valence electrons. The zero-order valence-corrected chi connectivity index (χ0v) is 17.0. The summed E-state index contributed by atoms with van der Waals surface area (Å²) < 4.78 is 5.84. The second-order valence-corrected chi connectivity index (χ2v) is 8.48. The van der Waals surface area contributed by atoms with E-state index in [0.29, 0.717) is 21.6 Å². The molecule has 7 nitrogen and oxygen atoms in total. The SMILES string of the molecule is NC1CCC(NC(=O)c2ccc(NC(=O)c3cc(C4CC4)on3)cc2Br)CC1.